The van der Waals surface area contributed by atoms with Gasteiger partial charge in [-0.3, -0.25) is 4.98 Å². The summed E-state index contributed by atoms with van der Waals surface area (Å²) in [4.78, 5) is 15.4. The average molecular weight is 287 g/mol. The van der Waals surface area contributed by atoms with Gasteiger partial charge < -0.3 is 9.67 Å². The van der Waals surface area contributed by atoms with Crippen molar-refractivity contribution in [2.45, 2.75) is 6.54 Å². The number of fused-ring (bicyclic) bond motifs is 1. The van der Waals surface area contributed by atoms with E-state index in [0.29, 0.717) is 11.6 Å². The van der Waals surface area contributed by atoms with Crippen LogP contribution in [0.5, 0.6) is 0 Å². The molecule has 2 aromatic heterocycles. The van der Waals surface area contributed by atoms with Gasteiger partial charge in [-0.25, -0.2) is 4.79 Å². The topological polar surface area (TPSA) is 55.1 Å². The smallest absolute Gasteiger partial charge is 0.352 e. The van der Waals surface area contributed by atoms with Gasteiger partial charge in [-0.1, -0.05) is 23.7 Å². The lowest BCUT2D eigenvalue weighted by Gasteiger charge is -2.08. The minimum atomic E-state index is -0.949. The minimum Gasteiger partial charge on any atom is -0.477 e. The van der Waals surface area contributed by atoms with Crippen LogP contribution in [0, 0.1) is 0 Å². The van der Waals surface area contributed by atoms with Crippen molar-refractivity contribution >= 4 is 28.5 Å². The maximum atomic E-state index is 11.4. The first kappa shape index (κ1) is 12.7. The van der Waals surface area contributed by atoms with Gasteiger partial charge in [0.1, 0.15) is 5.69 Å². The zero-order chi connectivity index (χ0) is 14.1. The molecule has 0 aliphatic heterocycles. The summed E-state index contributed by atoms with van der Waals surface area (Å²) in [5.74, 6) is -0.949. The molecular formula is C15H11ClN2O2. The van der Waals surface area contributed by atoms with Crippen LogP contribution < -0.4 is 0 Å². The number of rotatable bonds is 3. The number of halogens is 1. The Morgan fingerprint density at radius 2 is 2.00 bits per heavy atom. The molecule has 4 nitrogen and oxygen atoms in total. The molecule has 20 heavy (non-hydrogen) atoms. The maximum absolute atomic E-state index is 11.4. The van der Waals surface area contributed by atoms with Crippen LogP contribution in [-0.2, 0) is 6.54 Å². The van der Waals surface area contributed by atoms with Crippen molar-refractivity contribution in [3.63, 3.8) is 0 Å². The molecule has 0 atom stereocenters. The van der Waals surface area contributed by atoms with Gasteiger partial charge in [0.2, 0.25) is 0 Å². The molecule has 0 spiro atoms. The van der Waals surface area contributed by atoms with E-state index in [2.05, 4.69) is 4.98 Å². The second kappa shape index (κ2) is 4.98. The highest BCUT2D eigenvalue weighted by molar-refractivity contribution is 6.30. The Labute approximate surface area is 120 Å². The van der Waals surface area contributed by atoms with Crippen LogP contribution in [-0.4, -0.2) is 20.6 Å². The number of carbonyl (C=O) groups is 1. The number of hydrogen-bond donors (Lipinski definition) is 1. The Morgan fingerprint density at radius 3 is 2.70 bits per heavy atom. The van der Waals surface area contributed by atoms with Crippen LogP contribution in [0.3, 0.4) is 0 Å². The molecule has 3 rings (SSSR count). The number of benzene rings is 1. The molecule has 0 fully saturated rings. The summed E-state index contributed by atoms with van der Waals surface area (Å²) in [5.41, 5.74) is 2.04. The van der Waals surface area contributed by atoms with Crippen LogP contribution in [0.15, 0.2) is 48.8 Å². The average Bonchev–Trinajstić information content (AvgIpc) is 2.81. The third-order valence-electron chi connectivity index (χ3n) is 3.18. The first-order valence-electron chi connectivity index (χ1n) is 6.06. The highest BCUT2D eigenvalue weighted by Gasteiger charge is 2.14. The second-order valence-corrected chi connectivity index (χ2v) is 4.92. The lowest BCUT2D eigenvalue weighted by molar-refractivity contribution is 0.0686. The molecule has 100 valence electrons. The Morgan fingerprint density at radius 1 is 1.25 bits per heavy atom. The van der Waals surface area contributed by atoms with Crippen molar-refractivity contribution < 1.29 is 9.90 Å². The standard InChI is InChI=1S/C15H11ClN2O2/c16-12-3-1-10(2-4-12)9-18-13(15(19)20)7-11-5-6-17-8-14(11)18/h1-8H,9H2,(H,19,20). The van der Waals surface area contributed by atoms with Crippen LogP contribution in [0.2, 0.25) is 5.02 Å². The summed E-state index contributed by atoms with van der Waals surface area (Å²) in [6, 6.07) is 10.8. The van der Waals surface area contributed by atoms with Crippen molar-refractivity contribution in [1.82, 2.24) is 9.55 Å². The molecule has 0 saturated carbocycles. The second-order valence-electron chi connectivity index (χ2n) is 4.48. The minimum absolute atomic E-state index is 0.253. The van der Waals surface area contributed by atoms with E-state index in [9.17, 15) is 9.90 Å². The van der Waals surface area contributed by atoms with E-state index in [1.54, 1.807) is 41.2 Å². The van der Waals surface area contributed by atoms with E-state index >= 15 is 0 Å². The van der Waals surface area contributed by atoms with E-state index in [-0.39, 0.29) is 5.69 Å². The Balaban J connectivity index is 2.11. The summed E-state index contributed by atoms with van der Waals surface area (Å²) in [7, 11) is 0. The van der Waals surface area contributed by atoms with Crippen molar-refractivity contribution in [1.29, 1.82) is 0 Å². The third-order valence-corrected chi connectivity index (χ3v) is 3.43. The van der Waals surface area contributed by atoms with E-state index in [1.165, 1.54) is 0 Å². The van der Waals surface area contributed by atoms with Crippen LogP contribution in [0.25, 0.3) is 10.9 Å². The summed E-state index contributed by atoms with van der Waals surface area (Å²) < 4.78 is 1.74. The number of carboxylic acid groups (broad SMARTS) is 1. The highest BCUT2D eigenvalue weighted by atomic mass is 35.5. The van der Waals surface area contributed by atoms with Gasteiger partial charge in [0, 0.05) is 23.2 Å². The normalized spacial score (nSPS) is 10.8. The van der Waals surface area contributed by atoms with Crippen molar-refractivity contribution in [2.24, 2.45) is 0 Å². The number of pyridine rings is 1. The van der Waals surface area contributed by atoms with Gasteiger partial charge in [0.05, 0.1) is 11.7 Å². The SMILES string of the molecule is O=C(O)c1cc2ccncc2n1Cc1ccc(Cl)cc1. The van der Waals surface area contributed by atoms with Gasteiger partial charge >= 0.3 is 5.97 Å². The molecule has 5 heteroatoms. The van der Waals surface area contributed by atoms with Crippen LogP contribution in [0.1, 0.15) is 16.1 Å². The molecule has 0 aliphatic rings. The third kappa shape index (κ3) is 2.26. The number of carboxylic acids is 1. The van der Waals surface area contributed by atoms with Gasteiger partial charge in [0.25, 0.3) is 0 Å². The zero-order valence-corrected chi connectivity index (χ0v) is 11.2. The lowest BCUT2D eigenvalue weighted by Crippen LogP contribution is -2.09. The Bertz CT molecular complexity index is 778. The number of aromatic nitrogens is 2. The maximum Gasteiger partial charge on any atom is 0.352 e. The molecule has 2 heterocycles. The summed E-state index contributed by atoms with van der Waals surface area (Å²) >= 11 is 5.86. The zero-order valence-electron chi connectivity index (χ0n) is 10.5. The predicted octanol–water partition coefficient (Wildman–Crippen LogP) is 3.44. The number of hydrogen-bond acceptors (Lipinski definition) is 2. The number of nitrogens with zero attached hydrogens (tertiary/aromatic N) is 2. The molecule has 0 bridgehead atoms. The summed E-state index contributed by atoms with van der Waals surface area (Å²) in [6.45, 7) is 0.466. The summed E-state index contributed by atoms with van der Waals surface area (Å²) in [6.07, 6.45) is 3.33. The van der Waals surface area contributed by atoms with Crippen molar-refractivity contribution in [3.05, 3.63) is 65.1 Å². The monoisotopic (exact) mass is 286 g/mol. The Kier molecular flexibility index (Phi) is 3.16. The lowest BCUT2D eigenvalue weighted by atomic mass is 10.2. The molecule has 0 amide bonds. The van der Waals surface area contributed by atoms with E-state index < -0.39 is 5.97 Å². The van der Waals surface area contributed by atoms with Crippen LogP contribution >= 0.6 is 11.6 Å². The highest BCUT2D eigenvalue weighted by Crippen LogP contribution is 2.21. The van der Waals surface area contributed by atoms with Gasteiger partial charge in [-0.15, -0.1) is 0 Å². The molecule has 0 aliphatic carbocycles. The molecule has 1 aromatic carbocycles. The summed E-state index contributed by atoms with van der Waals surface area (Å²) in [5, 5.41) is 10.9. The van der Waals surface area contributed by atoms with Crippen LogP contribution in [0.4, 0.5) is 0 Å². The number of aromatic carboxylic acids is 1. The molecule has 3 aromatic rings. The molecule has 0 saturated heterocycles. The molecule has 1 N–H and O–H groups in total. The predicted molar refractivity (Wildman–Crippen MR) is 77.2 cm³/mol. The van der Waals surface area contributed by atoms with Gasteiger partial charge in [-0.2, -0.15) is 0 Å². The Hall–Kier alpha value is -2.33. The van der Waals surface area contributed by atoms with E-state index in [1.807, 2.05) is 12.1 Å². The fourth-order valence-electron chi connectivity index (χ4n) is 2.22. The fraction of sp³-hybridized carbons (Fsp3) is 0.0667. The first-order chi connectivity index (χ1) is 9.65. The largest absolute Gasteiger partial charge is 0.477 e. The molecule has 0 unspecified atom stereocenters. The van der Waals surface area contributed by atoms with E-state index in [4.69, 9.17) is 11.6 Å². The van der Waals surface area contributed by atoms with Crippen molar-refractivity contribution in [3.8, 4) is 0 Å². The van der Waals surface area contributed by atoms with Crippen molar-refractivity contribution in [2.75, 3.05) is 0 Å². The molecular weight excluding hydrogens is 276 g/mol. The quantitative estimate of drug-likeness (QED) is 0.802. The van der Waals surface area contributed by atoms with Gasteiger partial charge in [-0.05, 0) is 29.8 Å². The fourth-order valence-corrected chi connectivity index (χ4v) is 2.35. The van der Waals surface area contributed by atoms with E-state index in [0.717, 1.165) is 16.5 Å². The van der Waals surface area contributed by atoms with Gasteiger partial charge in [0.15, 0.2) is 0 Å². The first-order valence-corrected chi connectivity index (χ1v) is 6.44. The molecule has 0 radical (unpaired) electrons.